The van der Waals surface area contributed by atoms with E-state index in [4.69, 9.17) is 0 Å². The number of hydrogen-bond donors (Lipinski definition) is 3. The Kier molecular flexibility index (Phi) is 8.51. The molecule has 2 aliphatic rings. The number of ether oxygens (including phenoxy) is 1. The van der Waals surface area contributed by atoms with E-state index in [1.807, 2.05) is 18.2 Å². The molecule has 2 aromatic carbocycles. The number of carbonyl (C=O) groups is 2. The standard InChI is InChI=1S/C27H32F3N3O3/c28-27(29,30)36-23-8-4-5-19(13-23)16-32-25(34)14-18-9-11-22(12-10-18)33-26(35)24-15-21(17-31-24)20-6-2-1-3-7-20/h1-8,13,18,21-22,24,31H,9-12,14-17H2,(H,32,34)(H,33,35)/t18-,21-,22+,24+/m1/s1. The van der Waals surface area contributed by atoms with Crippen molar-refractivity contribution in [3.05, 3.63) is 65.7 Å². The van der Waals surface area contributed by atoms with Crippen LogP contribution < -0.4 is 20.7 Å². The van der Waals surface area contributed by atoms with E-state index in [2.05, 4.69) is 32.8 Å². The lowest BCUT2D eigenvalue weighted by Gasteiger charge is -2.29. The molecule has 6 nitrogen and oxygen atoms in total. The first-order valence-corrected chi connectivity index (χ1v) is 12.5. The molecule has 9 heteroatoms. The topological polar surface area (TPSA) is 79.5 Å². The minimum absolute atomic E-state index is 0.0476. The molecule has 2 atom stereocenters. The van der Waals surface area contributed by atoms with Gasteiger partial charge in [0.15, 0.2) is 0 Å². The minimum atomic E-state index is -4.75. The normalized spacial score (nSPS) is 24.2. The molecule has 1 aliphatic heterocycles. The molecule has 1 aliphatic carbocycles. The second kappa shape index (κ2) is 11.8. The maximum atomic E-state index is 12.8. The van der Waals surface area contributed by atoms with Crippen LogP contribution in [0.2, 0.25) is 0 Å². The predicted molar refractivity (Wildman–Crippen MR) is 129 cm³/mol. The van der Waals surface area contributed by atoms with Crippen molar-refractivity contribution < 1.29 is 27.5 Å². The average molecular weight is 504 g/mol. The van der Waals surface area contributed by atoms with Crippen LogP contribution in [0.3, 0.4) is 0 Å². The van der Waals surface area contributed by atoms with Crippen LogP contribution in [-0.4, -0.2) is 36.8 Å². The van der Waals surface area contributed by atoms with E-state index in [1.54, 1.807) is 6.07 Å². The van der Waals surface area contributed by atoms with Crippen molar-refractivity contribution in [2.24, 2.45) is 5.92 Å². The highest BCUT2D eigenvalue weighted by Crippen LogP contribution is 2.29. The van der Waals surface area contributed by atoms with Gasteiger partial charge in [-0.3, -0.25) is 9.59 Å². The second-order valence-electron chi connectivity index (χ2n) is 9.71. The summed E-state index contributed by atoms with van der Waals surface area (Å²) in [6.45, 7) is 0.932. The van der Waals surface area contributed by atoms with E-state index in [0.717, 1.165) is 38.6 Å². The van der Waals surface area contributed by atoms with Gasteiger partial charge in [0.2, 0.25) is 11.8 Å². The number of amides is 2. The van der Waals surface area contributed by atoms with Crippen molar-refractivity contribution in [1.29, 1.82) is 0 Å². The first kappa shape index (κ1) is 26.0. The SMILES string of the molecule is O=C(C[C@H]1CC[C@@H](NC(=O)[C@@H]2C[C@@H](c3ccccc3)CN2)CC1)NCc1cccc(OC(F)(F)F)c1. The van der Waals surface area contributed by atoms with E-state index in [1.165, 1.54) is 23.8 Å². The summed E-state index contributed by atoms with van der Waals surface area (Å²) in [5.74, 6) is 0.178. The molecule has 1 saturated heterocycles. The van der Waals surface area contributed by atoms with Gasteiger partial charge in [-0.05, 0) is 67.2 Å². The number of nitrogens with one attached hydrogen (secondary N) is 3. The summed E-state index contributed by atoms with van der Waals surface area (Å²) in [5.41, 5.74) is 1.79. The summed E-state index contributed by atoms with van der Waals surface area (Å²) in [5, 5.41) is 9.30. The molecule has 0 aromatic heterocycles. The molecule has 2 amide bonds. The Labute approximate surface area is 209 Å². The van der Waals surface area contributed by atoms with Gasteiger partial charge < -0.3 is 20.7 Å². The molecule has 2 aromatic rings. The van der Waals surface area contributed by atoms with Crippen LogP contribution in [-0.2, 0) is 16.1 Å². The van der Waals surface area contributed by atoms with E-state index < -0.39 is 6.36 Å². The van der Waals surface area contributed by atoms with E-state index in [-0.39, 0.29) is 42.1 Å². The lowest BCUT2D eigenvalue weighted by molar-refractivity contribution is -0.274. The fourth-order valence-corrected chi connectivity index (χ4v) is 5.11. The van der Waals surface area contributed by atoms with E-state index in [0.29, 0.717) is 17.9 Å². The van der Waals surface area contributed by atoms with Crippen LogP contribution in [0.25, 0.3) is 0 Å². The van der Waals surface area contributed by atoms with Crippen molar-refractivity contribution in [1.82, 2.24) is 16.0 Å². The summed E-state index contributed by atoms with van der Waals surface area (Å²) in [7, 11) is 0. The van der Waals surface area contributed by atoms with Gasteiger partial charge in [-0.2, -0.15) is 0 Å². The molecule has 0 unspecified atom stereocenters. The number of hydrogen-bond acceptors (Lipinski definition) is 4. The maximum absolute atomic E-state index is 12.8. The third kappa shape index (κ3) is 7.71. The van der Waals surface area contributed by atoms with Crippen molar-refractivity contribution in [2.75, 3.05) is 6.54 Å². The fraction of sp³-hybridized carbons (Fsp3) is 0.481. The van der Waals surface area contributed by atoms with Gasteiger partial charge in [-0.1, -0.05) is 42.5 Å². The highest BCUT2D eigenvalue weighted by Gasteiger charge is 2.33. The van der Waals surface area contributed by atoms with Crippen LogP contribution in [0.15, 0.2) is 54.6 Å². The zero-order valence-corrected chi connectivity index (χ0v) is 20.0. The molecule has 4 rings (SSSR count). The summed E-state index contributed by atoms with van der Waals surface area (Å²) in [6, 6.07) is 15.8. The van der Waals surface area contributed by atoms with Gasteiger partial charge in [-0.25, -0.2) is 0 Å². The van der Waals surface area contributed by atoms with Crippen LogP contribution in [0.1, 0.15) is 55.6 Å². The summed E-state index contributed by atoms with van der Waals surface area (Å²) < 4.78 is 41.1. The summed E-state index contributed by atoms with van der Waals surface area (Å²) >= 11 is 0. The second-order valence-corrected chi connectivity index (χ2v) is 9.71. The third-order valence-corrected chi connectivity index (χ3v) is 7.01. The molecule has 36 heavy (non-hydrogen) atoms. The lowest BCUT2D eigenvalue weighted by atomic mass is 9.83. The monoisotopic (exact) mass is 503 g/mol. The van der Waals surface area contributed by atoms with Crippen LogP contribution in [0.4, 0.5) is 13.2 Å². The Hall–Kier alpha value is -3.07. The van der Waals surface area contributed by atoms with E-state index >= 15 is 0 Å². The number of alkyl halides is 3. The largest absolute Gasteiger partial charge is 0.573 e. The molecule has 2 fully saturated rings. The molecular formula is C27H32F3N3O3. The molecular weight excluding hydrogens is 471 g/mol. The molecule has 194 valence electrons. The number of carbonyl (C=O) groups excluding carboxylic acids is 2. The zero-order valence-electron chi connectivity index (χ0n) is 20.0. The third-order valence-electron chi connectivity index (χ3n) is 7.01. The van der Waals surface area contributed by atoms with Crippen molar-refractivity contribution in [3.63, 3.8) is 0 Å². The maximum Gasteiger partial charge on any atom is 0.573 e. The first-order chi connectivity index (χ1) is 17.2. The summed E-state index contributed by atoms with van der Waals surface area (Å²) in [6.07, 6.45) is -0.252. The molecule has 0 radical (unpaired) electrons. The predicted octanol–water partition coefficient (Wildman–Crippen LogP) is 4.41. The Morgan fingerprint density at radius 1 is 1.00 bits per heavy atom. The van der Waals surface area contributed by atoms with E-state index in [9.17, 15) is 22.8 Å². The smallest absolute Gasteiger partial charge is 0.406 e. The molecule has 0 spiro atoms. The van der Waals surface area contributed by atoms with Gasteiger partial charge in [-0.15, -0.1) is 13.2 Å². The molecule has 1 saturated carbocycles. The molecule has 1 heterocycles. The van der Waals surface area contributed by atoms with Gasteiger partial charge in [0.1, 0.15) is 5.75 Å². The Morgan fingerprint density at radius 2 is 1.75 bits per heavy atom. The summed E-state index contributed by atoms with van der Waals surface area (Å²) in [4.78, 5) is 25.1. The number of halogens is 3. The number of rotatable bonds is 8. The quantitative estimate of drug-likeness (QED) is 0.499. The van der Waals surface area contributed by atoms with Gasteiger partial charge in [0.25, 0.3) is 0 Å². The van der Waals surface area contributed by atoms with Crippen LogP contribution >= 0.6 is 0 Å². The van der Waals surface area contributed by atoms with Crippen LogP contribution in [0, 0.1) is 5.92 Å². The lowest BCUT2D eigenvalue weighted by Crippen LogP contribution is -2.46. The molecule has 3 N–H and O–H groups in total. The Morgan fingerprint density at radius 3 is 2.47 bits per heavy atom. The Balaban J connectivity index is 1.14. The Bertz CT molecular complexity index is 1020. The minimum Gasteiger partial charge on any atom is -0.406 e. The van der Waals surface area contributed by atoms with Crippen LogP contribution in [0.5, 0.6) is 5.75 Å². The number of benzene rings is 2. The van der Waals surface area contributed by atoms with Crippen molar-refractivity contribution in [2.45, 2.75) is 69.4 Å². The highest BCUT2D eigenvalue weighted by molar-refractivity contribution is 5.82. The molecule has 0 bridgehead atoms. The van der Waals surface area contributed by atoms with Crippen molar-refractivity contribution in [3.8, 4) is 5.75 Å². The average Bonchev–Trinajstić information content (AvgIpc) is 3.34. The van der Waals surface area contributed by atoms with Gasteiger partial charge >= 0.3 is 6.36 Å². The zero-order chi connectivity index (χ0) is 25.5. The highest BCUT2D eigenvalue weighted by atomic mass is 19.4. The van der Waals surface area contributed by atoms with Gasteiger partial charge in [0.05, 0.1) is 6.04 Å². The van der Waals surface area contributed by atoms with Gasteiger partial charge in [0, 0.05) is 25.6 Å². The van der Waals surface area contributed by atoms with Crippen molar-refractivity contribution >= 4 is 11.8 Å². The fourth-order valence-electron chi connectivity index (χ4n) is 5.11. The first-order valence-electron chi connectivity index (χ1n) is 12.5.